The molecule has 0 heterocycles. The van der Waals surface area contributed by atoms with Crippen LogP contribution < -0.4 is 23.0 Å². The number of halogens is 1. The van der Waals surface area contributed by atoms with E-state index in [1.807, 2.05) is 0 Å². The van der Waals surface area contributed by atoms with Crippen LogP contribution in [0.4, 0.5) is 0 Å². The third-order valence-corrected chi connectivity index (χ3v) is 0. The summed E-state index contributed by atoms with van der Waals surface area (Å²) in [6, 6.07) is 0. The first-order valence-corrected chi connectivity index (χ1v) is 1.41. The summed E-state index contributed by atoms with van der Waals surface area (Å²) in [7, 11) is 0. The molecule has 0 bridgehead atoms. The van der Waals surface area contributed by atoms with Crippen LogP contribution in [0.25, 0.3) is 0 Å². The summed E-state index contributed by atoms with van der Waals surface area (Å²) in [5.74, 6) is 0. The zero-order valence-corrected chi connectivity index (χ0v) is 4.77. The second-order valence-corrected chi connectivity index (χ2v) is 0.289. The molecule has 0 saturated heterocycles. The molecule has 0 aromatic heterocycles. The third-order valence-electron chi connectivity index (χ3n) is 0. The van der Waals surface area contributed by atoms with E-state index in [1.54, 1.807) is 0 Å². The van der Waals surface area contributed by atoms with Gasteiger partial charge in [0.1, 0.15) is 0 Å². The Hall–Kier alpha value is 1.02. The maximum atomic E-state index is 8.46. The predicted molar refractivity (Wildman–Crippen MR) is 13.7 cm³/mol. The fourth-order valence-corrected chi connectivity index (χ4v) is 0. The van der Waals surface area contributed by atoms with Crippen LogP contribution in [0.2, 0.25) is 0 Å². The van der Waals surface area contributed by atoms with Gasteiger partial charge in [0.15, 0.2) is 0 Å². The topological polar surface area (TPSA) is 40.1 Å². The van der Waals surface area contributed by atoms with Crippen LogP contribution in [0.3, 0.4) is 0 Å². The molecule has 5 heteroatoms. The van der Waals surface area contributed by atoms with Gasteiger partial charge in [-0.25, -0.2) is 0 Å². The molecule has 24 valence electrons. The van der Waals surface area contributed by atoms with Crippen LogP contribution in [0.1, 0.15) is 0 Å². The predicted octanol–water partition coefficient (Wildman–Crippen LogP) is -4.26. The minimum absolute atomic E-state index is 0. The van der Waals surface area contributed by atoms with Crippen molar-refractivity contribution in [3.05, 3.63) is 0 Å². The van der Waals surface area contributed by atoms with E-state index in [0.717, 1.165) is 0 Å². The second-order valence-electron chi connectivity index (χ2n) is 0.0962. The van der Waals surface area contributed by atoms with Gasteiger partial charge in [-0.1, -0.05) is 0 Å². The number of rotatable bonds is 0. The van der Waals surface area contributed by atoms with E-state index in [0.29, 0.717) is 0 Å². The van der Waals surface area contributed by atoms with Gasteiger partial charge in [-0.15, -0.1) is 12.4 Å². The van der Waals surface area contributed by atoms with Gasteiger partial charge < -0.3 is 0 Å². The summed E-state index contributed by atoms with van der Waals surface area (Å²) in [6.07, 6.45) is 0. The van der Waals surface area contributed by atoms with Crippen molar-refractivity contribution < 1.29 is 26.8 Å². The minimum atomic E-state index is -1.75. The SMILES string of the molecule is Cl.[Li+].[O]=[Al][O-]. The van der Waals surface area contributed by atoms with Crippen molar-refractivity contribution in [2.75, 3.05) is 0 Å². The summed E-state index contributed by atoms with van der Waals surface area (Å²) in [5.41, 5.74) is 0. The maximum absolute atomic E-state index is 8.46. The van der Waals surface area contributed by atoms with Crippen LogP contribution in [0.5, 0.6) is 0 Å². The molecule has 0 unspecified atom stereocenters. The Morgan fingerprint density at radius 3 is 1.60 bits per heavy atom. The van der Waals surface area contributed by atoms with E-state index >= 15 is 0 Å². The second kappa shape index (κ2) is 19.9. The van der Waals surface area contributed by atoms with Gasteiger partial charge in [-0.05, 0) is 0 Å². The fourth-order valence-electron chi connectivity index (χ4n) is 0. The monoisotopic (exact) mass is 102 g/mol. The van der Waals surface area contributed by atoms with E-state index < -0.39 is 15.5 Å². The van der Waals surface area contributed by atoms with E-state index in [1.165, 1.54) is 0 Å². The van der Waals surface area contributed by atoms with Gasteiger partial charge in [-0.3, -0.25) is 0 Å². The molecule has 0 aliphatic carbocycles. The van der Waals surface area contributed by atoms with E-state index in [9.17, 15) is 0 Å². The van der Waals surface area contributed by atoms with Gasteiger partial charge in [0.25, 0.3) is 0 Å². The van der Waals surface area contributed by atoms with Gasteiger partial charge in [0.2, 0.25) is 0 Å². The van der Waals surface area contributed by atoms with E-state index in [2.05, 4.69) is 0 Å². The number of hydrogen-bond donors (Lipinski definition) is 0. The fraction of sp³-hybridized carbons (Fsp3) is 0. The summed E-state index contributed by atoms with van der Waals surface area (Å²) < 4.78 is 16.9. The Kier molecular flexibility index (Phi) is 66.1. The summed E-state index contributed by atoms with van der Waals surface area (Å²) in [4.78, 5) is 0. The number of hydrogen-bond acceptors (Lipinski definition) is 2. The molecule has 0 aromatic rings. The zero-order chi connectivity index (χ0) is 2.71. The molecule has 0 spiro atoms. The molecule has 0 saturated carbocycles. The summed E-state index contributed by atoms with van der Waals surface area (Å²) >= 11 is -1.75. The molecule has 0 fully saturated rings. The first-order chi connectivity index (χ1) is 1.41. The first-order valence-electron chi connectivity index (χ1n) is 0.471. The molecule has 5 heavy (non-hydrogen) atoms. The van der Waals surface area contributed by atoms with Crippen LogP contribution in [-0.2, 0) is 3.80 Å². The third kappa shape index (κ3) is 44.0. The van der Waals surface area contributed by atoms with E-state index in [-0.39, 0.29) is 31.3 Å². The molecular weight excluding hydrogens is 101 g/mol. The molecule has 0 atom stereocenters. The average molecular weight is 102 g/mol. The summed E-state index contributed by atoms with van der Waals surface area (Å²) in [5, 5.41) is 0. The molecule has 0 aliphatic heterocycles. The summed E-state index contributed by atoms with van der Waals surface area (Å²) in [6.45, 7) is 0. The molecule has 0 rings (SSSR count). The van der Waals surface area contributed by atoms with Crippen molar-refractivity contribution >= 4 is 27.9 Å². The molecule has 2 nitrogen and oxygen atoms in total. The van der Waals surface area contributed by atoms with E-state index in [4.69, 9.17) is 7.96 Å². The Balaban J connectivity index is -0.0000000200. The molecule has 0 aromatic carbocycles. The Bertz CT molecular complexity index is 17.1. The van der Waals surface area contributed by atoms with Gasteiger partial charge in [-0.2, -0.15) is 0 Å². The van der Waals surface area contributed by atoms with Crippen LogP contribution >= 0.6 is 12.4 Å². The van der Waals surface area contributed by atoms with Crippen LogP contribution in [0.15, 0.2) is 0 Å². The van der Waals surface area contributed by atoms with Gasteiger partial charge >= 0.3 is 42.3 Å². The quantitative estimate of drug-likeness (QED) is 0.291. The molecule has 0 amide bonds. The van der Waals surface area contributed by atoms with Crippen molar-refractivity contribution in [2.45, 2.75) is 0 Å². The molecule has 0 N–H and O–H groups in total. The zero-order valence-electron chi connectivity index (χ0n) is 2.80. The van der Waals surface area contributed by atoms with Crippen molar-refractivity contribution in [3.8, 4) is 0 Å². The average Bonchev–Trinajstić information content (AvgIpc) is 0.918. The van der Waals surface area contributed by atoms with Crippen molar-refractivity contribution in [3.63, 3.8) is 0 Å². The molecule has 0 aliphatic rings. The normalized spacial score (nSPS) is 1.60. The Morgan fingerprint density at radius 2 is 1.60 bits per heavy atom. The van der Waals surface area contributed by atoms with Crippen LogP contribution in [-0.4, -0.2) is 15.5 Å². The first kappa shape index (κ1) is 16.6. The van der Waals surface area contributed by atoms with Crippen molar-refractivity contribution in [1.82, 2.24) is 0 Å². The Labute approximate surface area is 54.8 Å². The van der Waals surface area contributed by atoms with Crippen molar-refractivity contribution in [1.29, 1.82) is 0 Å². The molecular formula is HAlClLiO2. The Morgan fingerprint density at radius 1 is 1.60 bits per heavy atom. The molecule has 0 radical (unpaired) electrons. The van der Waals surface area contributed by atoms with Gasteiger partial charge in [0, 0.05) is 0 Å². The van der Waals surface area contributed by atoms with Crippen molar-refractivity contribution in [2.24, 2.45) is 0 Å². The van der Waals surface area contributed by atoms with Gasteiger partial charge in [0.05, 0.1) is 0 Å². The standard InChI is InChI=1S/Al.ClH.Li.2O/h;1H;;;/q;;+1;;-1. The van der Waals surface area contributed by atoms with Crippen LogP contribution in [0, 0.1) is 0 Å².